The van der Waals surface area contributed by atoms with Crippen molar-refractivity contribution in [1.82, 2.24) is 0 Å². The average Bonchev–Trinajstić information content (AvgIpc) is 2.85. The quantitative estimate of drug-likeness (QED) is 0.927. The number of hydrogen-bond acceptors (Lipinski definition) is 2. The normalized spacial score (nSPS) is 16.9. The van der Waals surface area contributed by atoms with Crippen LogP contribution in [-0.2, 0) is 11.2 Å². The Morgan fingerprint density at radius 1 is 1.44 bits per heavy atom. The lowest BCUT2D eigenvalue weighted by Crippen LogP contribution is -2.21. The second-order valence-electron chi connectivity index (χ2n) is 4.88. The van der Waals surface area contributed by atoms with Crippen LogP contribution in [0.4, 0.5) is 5.69 Å². The van der Waals surface area contributed by atoms with Gasteiger partial charge in [0, 0.05) is 23.2 Å². The molecule has 1 saturated heterocycles. The molecule has 1 aromatic carbocycles. The minimum Gasteiger partial charge on any atom is -0.481 e. The van der Waals surface area contributed by atoms with Gasteiger partial charge >= 0.3 is 5.97 Å². The van der Waals surface area contributed by atoms with E-state index in [0.29, 0.717) is 6.42 Å². The van der Waals surface area contributed by atoms with Crippen LogP contribution in [0.1, 0.15) is 25.3 Å². The molecule has 1 unspecified atom stereocenters. The summed E-state index contributed by atoms with van der Waals surface area (Å²) in [5.41, 5.74) is 2.31. The predicted molar refractivity (Wildman–Crippen MR) is 76.1 cm³/mol. The summed E-state index contributed by atoms with van der Waals surface area (Å²) >= 11 is 3.55. The zero-order chi connectivity index (χ0) is 13.1. The van der Waals surface area contributed by atoms with E-state index in [1.165, 1.54) is 18.5 Å². The Hall–Kier alpha value is -1.03. The van der Waals surface area contributed by atoms with E-state index < -0.39 is 5.97 Å². The van der Waals surface area contributed by atoms with Gasteiger partial charge in [-0.15, -0.1) is 0 Å². The van der Waals surface area contributed by atoms with E-state index >= 15 is 0 Å². The van der Waals surface area contributed by atoms with Gasteiger partial charge in [-0.05, 0) is 37.0 Å². The van der Waals surface area contributed by atoms with Crippen LogP contribution in [0, 0.1) is 5.92 Å². The molecule has 0 radical (unpaired) electrons. The Kier molecular flexibility index (Phi) is 4.27. The van der Waals surface area contributed by atoms with E-state index in [1.54, 1.807) is 6.92 Å². The maximum atomic E-state index is 11.0. The summed E-state index contributed by atoms with van der Waals surface area (Å²) in [7, 11) is 0. The number of rotatable bonds is 4. The van der Waals surface area contributed by atoms with Crippen LogP contribution in [0.25, 0.3) is 0 Å². The molecule has 3 nitrogen and oxygen atoms in total. The van der Waals surface area contributed by atoms with Crippen molar-refractivity contribution >= 4 is 27.6 Å². The minimum atomic E-state index is -0.738. The lowest BCUT2D eigenvalue weighted by molar-refractivity contribution is -0.141. The van der Waals surface area contributed by atoms with Crippen molar-refractivity contribution in [2.24, 2.45) is 5.92 Å². The van der Waals surface area contributed by atoms with E-state index in [-0.39, 0.29) is 5.92 Å². The predicted octanol–water partition coefficient (Wildman–Crippen LogP) is 3.31. The number of nitrogens with zero attached hydrogens (tertiary/aromatic N) is 1. The monoisotopic (exact) mass is 311 g/mol. The fourth-order valence-corrected chi connectivity index (χ4v) is 2.91. The Morgan fingerprint density at radius 2 is 2.11 bits per heavy atom. The van der Waals surface area contributed by atoms with E-state index in [0.717, 1.165) is 23.1 Å². The van der Waals surface area contributed by atoms with E-state index in [2.05, 4.69) is 26.9 Å². The molecule has 1 heterocycles. The smallest absolute Gasteiger partial charge is 0.306 e. The molecule has 0 bridgehead atoms. The number of hydrogen-bond donors (Lipinski definition) is 1. The van der Waals surface area contributed by atoms with Gasteiger partial charge in [-0.3, -0.25) is 4.79 Å². The average molecular weight is 312 g/mol. The van der Waals surface area contributed by atoms with Gasteiger partial charge in [0.15, 0.2) is 0 Å². The third kappa shape index (κ3) is 2.86. The number of benzene rings is 1. The van der Waals surface area contributed by atoms with Gasteiger partial charge in [0.1, 0.15) is 0 Å². The highest BCUT2D eigenvalue weighted by Gasteiger charge is 2.20. The molecule has 0 aliphatic carbocycles. The molecular weight excluding hydrogens is 294 g/mol. The van der Waals surface area contributed by atoms with Gasteiger partial charge in [0.25, 0.3) is 0 Å². The van der Waals surface area contributed by atoms with Gasteiger partial charge in [-0.25, -0.2) is 0 Å². The molecular formula is C14H18BrNO2. The third-order valence-electron chi connectivity index (χ3n) is 3.47. The fraction of sp³-hybridized carbons (Fsp3) is 0.500. The van der Waals surface area contributed by atoms with E-state index in [4.69, 9.17) is 5.11 Å². The number of halogens is 1. The fourth-order valence-electron chi connectivity index (χ4n) is 2.40. The van der Waals surface area contributed by atoms with Crippen LogP contribution in [0.3, 0.4) is 0 Å². The molecule has 1 aliphatic heterocycles. The number of carbonyl (C=O) groups is 1. The number of carboxylic acids is 1. The molecule has 0 saturated carbocycles. The molecule has 98 valence electrons. The molecule has 18 heavy (non-hydrogen) atoms. The molecule has 0 aromatic heterocycles. The summed E-state index contributed by atoms with van der Waals surface area (Å²) in [5, 5.41) is 9.06. The third-order valence-corrected chi connectivity index (χ3v) is 4.22. The summed E-state index contributed by atoms with van der Waals surface area (Å²) in [5.74, 6) is -1.09. The largest absolute Gasteiger partial charge is 0.481 e. The molecule has 1 atom stereocenters. The first-order chi connectivity index (χ1) is 8.59. The number of carboxylic acid groups (broad SMARTS) is 1. The summed E-state index contributed by atoms with van der Waals surface area (Å²) in [4.78, 5) is 13.4. The minimum absolute atomic E-state index is 0.356. The van der Waals surface area contributed by atoms with Crippen molar-refractivity contribution < 1.29 is 9.90 Å². The molecule has 0 spiro atoms. The van der Waals surface area contributed by atoms with Gasteiger partial charge in [-0.1, -0.05) is 28.9 Å². The van der Waals surface area contributed by atoms with Crippen molar-refractivity contribution in [1.29, 1.82) is 0 Å². The van der Waals surface area contributed by atoms with Crippen LogP contribution in [-0.4, -0.2) is 24.2 Å². The van der Waals surface area contributed by atoms with Crippen LogP contribution < -0.4 is 4.90 Å². The standard InChI is InChI=1S/C14H18BrNO2/c1-10(14(17)18)9-11-12(15)5-4-6-13(11)16-7-2-3-8-16/h4-6,10H,2-3,7-9H2,1H3,(H,17,18). The van der Waals surface area contributed by atoms with Crippen LogP contribution >= 0.6 is 15.9 Å². The van der Waals surface area contributed by atoms with Gasteiger partial charge in [0.2, 0.25) is 0 Å². The van der Waals surface area contributed by atoms with Crippen molar-refractivity contribution in [3.63, 3.8) is 0 Å². The van der Waals surface area contributed by atoms with Crippen molar-refractivity contribution in [3.8, 4) is 0 Å². The molecule has 1 aliphatic rings. The lowest BCUT2D eigenvalue weighted by Gasteiger charge is -2.23. The Morgan fingerprint density at radius 3 is 2.72 bits per heavy atom. The Labute approximate surface area is 116 Å². The highest BCUT2D eigenvalue weighted by atomic mass is 79.9. The highest BCUT2D eigenvalue weighted by molar-refractivity contribution is 9.10. The van der Waals surface area contributed by atoms with Crippen molar-refractivity contribution in [2.45, 2.75) is 26.2 Å². The van der Waals surface area contributed by atoms with E-state index in [9.17, 15) is 4.79 Å². The summed E-state index contributed by atoms with van der Waals surface area (Å²) in [6.07, 6.45) is 3.02. The van der Waals surface area contributed by atoms with Gasteiger partial charge < -0.3 is 10.0 Å². The summed E-state index contributed by atoms with van der Waals surface area (Å²) in [6, 6.07) is 6.11. The van der Waals surface area contributed by atoms with Crippen LogP contribution in [0.15, 0.2) is 22.7 Å². The second-order valence-corrected chi connectivity index (χ2v) is 5.73. The molecule has 1 fully saturated rings. The molecule has 1 N–H and O–H groups in total. The van der Waals surface area contributed by atoms with Crippen molar-refractivity contribution in [2.75, 3.05) is 18.0 Å². The highest BCUT2D eigenvalue weighted by Crippen LogP contribution is 2.32. The SMILES string of the molecule is CC(Cc1c(Br)cccc1N1CCCC1)C(=O)O. The molecule has 0 amide bonds. The topological polar surface area (TPSA) is 40.5 Å². The first-order valence-electron chi connectivity index (χ1n) is 6.34. The second kappa shape index (κ2) is 5.74. The number of aliphatic carboxylic acids is 1. The zero-order valence-electron chi connectivity index (χ0n) is 10.5. The molecule has 2 rings (SSSR count). The van der Waals surface area contributed by atoms with Gasteiger partial charge in [0.05, 0.1) is 5.92 Å². The van der Waals surface area contributed by atoms with E-state index in [1.807, 2.05) is 12.1 Å². The Bertz CT molecular complexity index is 441. The van der Waals surface area contributed by atoms with Crippen LogP contribution in [0.2, 0.25) is 0 Å². The molecule has 1 aromatic rings. The Balaban J connectivity index is 2.28. The van der Waals surface area contributed by atoms with Crippen LogP contribution in [0.5, 0.6) is 0 Å². The summed E-state index contributed by atoms with van der Waals surface area (Å²) in [6.45, 7) is 3.91. The zero-order valence-corrected chi connectivity index (χ0v) is 12.1. The van der Waals surface area contributed by atoms with Gasteiger partial charge in [-0.2, -0.15) is 0 Å². The number of anilines is 1. The maximum absolute atomic E-state index is 11.0. The summed E-state index contributed by atoms with van der Waals surface area (Å²) < 4.78 is 1.01. The van der Waals surface area contributed by atoms with Crippen molar-refractivity contribution in [3.05, 3.63) is 28.2 Å². The first kappa shape index (κ1) is 13.4. The maximum Gasteiger partial charge on any atom is 0.306 e. The lowest BCUT2D eigenvalue weighted by atomic mass is 9.99. The first-order valence-corrected chi connectivity index (χ1v) is 7.14. The molecule has 4 heteroatoms.